The molecule has 14 heavy (non-hydrogen) atoms. The summed E-state index contributed by atoms with van der Waals surface area (Å²) in [6.07, 6.45) is 1.75. The Bertz CT molecular complexity index is 503. The fourth-order valence-corrected chi connectivity index (χ4v) is 1.90. The summed E-state index contributed by atoms with van der Waals surface area (Å²) in [7, 11) is 0. The molecule has 0 radical (unpaired) electrons. The Kier molecular flexibility index (Phi) is 2.26. The summed E-state index contributed by atoms with van der Waals surface area (Å²) in [5.74, 6) is 0. The summed E-state index contributed by atoms with van der Waals surface area (Å²) in [6, 6.07) is 7.96. The number of pyridine rings is 1. The van der Waals surface area contributed by atoms with Crippen molar-refractivity contribution in [2.45, 2.75) is 6.92 Å². The van der Waals surface area contributed by atoms with E-state index in [0.29, 0.717) is 5.15 Å². The Morgan fingerprint density at radius 3 is 2.79 bits per heavy atom. The number of benzene rings is 1. The third kappa shape index (κ3) is 1.30. The highest BCUT2D eigenvalue weighted by atomic mass is 35.5. The first kappa shape index (κ1) is 9.22. The quantitative estimate of drug-likeness (QED) is 0.642. The molecule has 0 fully saturated rings. The second kappa shape index (κ2) is 3.43. The molecule has 1 heterocycles. The van der Waals surface area contributed by atoms with Crippen molar-refractivity contribution in [3.05, 3.63) is 47.1 Å². The number of nitrogens with zero attached hydrogens (tertiary/aromatic N) is 1. The molecule has 0 saturated heterocycles. The van der Waals surface area contributed by atoms with E-state index in [9.17, 15) is 0 Å². The minimum Gasteiger partial charge on any atom is -0.235 e. The Morgan fingerprint density at radius 1 is 1.36 bits per heavy atom. The maximum atomic E-state index is 6.03. The maximum absolute atomic E-state index is 6.03. The predicted molar refractivity (Wildman–Crippen MR) is 61.6 cm³/mol. The standard InChI is InChI=1S/C12H10ClN/c1-3-9-8(2)10-6-4-5-7-11(10)14-12(9)13/h3-7H,1H2,2H3. The average molecular weight is 204 g/mol. The number of hydrogen-bond donors (Lipinski definition) is 0. The number of para-hydroxylation sites is 1. The van der Waals surface area contributed by atoms with Crippen LogP contribution in [0.2, 0.25) is 5.15 Å². The lowest BCUT2D eigenvalue weighted by atomic mass is 10.1. The summed E-state index contributed by atoms with van der Waals surface area (Å²) < 4.78 is 0. The number of aryl methyl sites for hydroxylation is 1. The molecule has 0 saturated carbocycles. The first-order valence-corrected chi connectivity index (χ1v) is 4.79. The zero-order valence-electron chi connectivity index (χ0n) is 7.92. The molecule has 0 spiro atoms. The van der Waals surface area contributed by atoms with E-state index in [1.165, 1.54) is 0 Å². The monoisotopic (exact) mass is 203 g/mol. The van der Waals surface area contributed by atoms with Gasteiger partial charge in [0, 0.05) is 10.9 Å². The van der Waals surface area contributed by atoms with Crippen molar-refractivity contribution in [1.82, 2.24) is 4.98 Å². The van der Waals surface area contributed by atoms with Gasteiger partial charge >= 0.3 is 0 Å². The molecule has 70 valence electrons. The molecule has 0 bridgehead atoms. The van der Waals surface area contributed by atoms with Crippen molar-refractivity contribution >= 4 is 28.6 Å². The minimum atomic E-state index is 0.524. The largest absolute Gasteiger partial charge is 0.235 e. The molecule has 1 nitrogen and oxygen atoms in total. The van der Waals surface area contributed by atoms with E-state index in [4.69, 9.17) is 11.6 Å². The highest BCUT2D eigenvalue weighted by Crippen LogP contribution is 2.26. The van der Waals surface area contributed by atoms with Crippen molar-refractivity contribution in [1.29, 1.82) is 0 Å². The molecule has 0 N–H and O–H groups in total. The predicted octanol–water partition coefficient (Wildman–Crippen LogP) is 3.84. The Balaban J connectivity index is 2.92. The van der Waals surface area contributed by atoms with Crippen LogP contribution in [0.1, 0.15) is 11.1 Å². The molecule has 2 heteroatoms. The Morgan fingerprint density at radius 2 is 2.07 bits per heavy atom. The van der Waals surface area contributed by atoms with Crippen molar-refractivity contribution < 1.29 is 0 Å². The number of aromatic nitrogens is 1. The van der Waals surface area contributed by atoms with Crippen molar-refractivity contribution in [2.24, 2.45) is 0 Å². The van der Waals surface area contributed by atoms with Crippen LogP contribution in [0.4, 0.5) is 0 Å². The van der Waals surface area contributed by atoms with Gasteiger partial charge in [-0.15, -0.1) is 0 Å². The molecule has 1 aromatic heterocycles. The smallest absolute Gasteiger partial charge is 0.137 e. The summed E-state index contributed by atoms with van der Waals surface area (Å²) >= 11 is 6.03. The van der Waals surface area contributed by atoms with Crippen LogP contribution in [0, 0.1) is 6.92 Å². The van der Waals surface area contributed by atoms with Gasteiger partial charge in [0.1, 0.15) is 5.15 Å². The van der Waals surface area contributed by atoms with E-state index in [2.05, 4.69) is 11.6 Å². The maximum Gasteiger partial charge on any atom is 0.137 e. The van der Waals surface area contributed by atoms with Crippen molar-refractivity contribution in [3.8, 4) is 0 Å². The van der Waals surface area contributed by atoms with Gasteiger partial charge in [0.05, 0.1) is 5.52 Å². The van der Waals surface area contributed by atoms with Crippen LogP contribution < -0.4 is 0 Å². The third-order valence-corrected chi connectivity index (χ3v) is 2.65. The van der Waals surface area contributed by atoms with Gasteiger partial charge in [-0.3, -0.25) is 0 Å². The van der Waals surface area contributed by atoms with Gasteiger partial charge in [0.2, 0.25) is 0 Å². The lowest BCUT2D eigenvalue weighted by molar-refractivity contribution is 1.35. The van der Waals surface area contributed by atoms with Crippen LogP contribution >= 0.6 is 11.6 Å². The molecule has 2 rings (SSSR count). The number of halogens is 1. The molecule has 2 aromatic rings. The number of fused-ring (bicyclic) bond motifs is 1. The molecule has 0 aliphatic carbocycles. The lowest BCUT2D eigenvalue weighted by Crippen LogP contribution is -1.89. The first-order valence-electron chi connectivity index (χ1n) is 4.41. The Hall–Kier alpha value is -1.34. The van der Waals surface area contributed by atoms with Gasteiger partial charge in [-0.1, -0.05) is 42.5 Å². The van der Waals surface area contributed by atoms with Crippen LogP contribution in [0.3, 0.4) is 0 Å². The molecular weight excluding hydrogens is 194 g/mol. The zero-order valence-corrected chi connectivity index (χ0v) is 8.67. The van der Waals surface area contributed by atoms with Gasteiger partial charge in [-0.2, -0.15) is 0 Å². The molecule has 0 aliphatic heterocycles. The second-order valence-electron chi connectivity index (χ2n) is 3.16. The molecule has 0 amide bonds. The highest BCUT2D eigenvalue weighted by Gasteiger charge is 2.06. The normalized spacial score (nSPS) is 10.4. The van der Waals surface area contributed by atoms with E-state index < -0.39 is 0 Å². The van der Waals surface area contributed by atoms with Crippen LogP contribution in [0.15, 0.2) is 30.8 Å². The lowest BCUT2D eigenvalue weighted by Gasteiger charge is -2.06. The van der Waals surface area contributed by atoms with Crippen LogP contribution in [-0.2, 0) is 0 Å². The van der Waals surface area contributed by atoms with Gasteiger partial charge in [0.25, 0.3) is 0 Å². The molecular formula is C12H10ClN. The third-order valence-electron chi connectivity index (χ3n) is 2.36. The fraction of sp³-hybridized carbons (Fsp3) is 0.0833. The SMILES string of the molecule is C=Cc1c(Cl)nc2ccccc2c1C. The van der Waals surface area contributed by atoms with E-state index in [1.807, 2.05) is 31.2 Å². The number of hydrogen-bond acceptors (Lipinski definition) is 1. The number of rotatable bonds is 1. The van der Waals surface area contributed by atoms with E-state index in [-0.39, 0.29) is 0 Å². The second-order valence-corrected chi connectivity index (χ2v) is 3.52. The topological polar surface area (TPSA) is 12.9 Å². The van der Waals surface area contributed by atoms with Crippen LogP contribution in [-0.4, -0.2) is 4.98 Å². The van der Waals surface area contributed by atoms with Crippen LogP contribution in [0.25, 0.3) is 17.0 Å². The minimum absolute atomic E-state index is 0.524. The van der Waals surface area contributed by atoms with Crippen LogP contribution in [0.5, 0.6) is 0 Å². The van der Waals surface area contributed by atoms with Gasteiger partial charge < -0.3 is 0 Å². The highest BCUT2D eigenvalue weighted by molar-refractivity contribution is 6.31. The summed E-state index contributed by atoms with van der Waals surface area (Å²) in [5, 5.41) is 1.66. The van der Waals surface area contributed by atoms with Gasteiger partial charge in [-0.05, 0) is 18.6 Å². The summed E-state index contributed by atoms with van der Waals surface area (Å²) in [5.41, 5.74) is 2.99. The Labute approximate surface area is 88.0 Å². The molecule has 0 aliphatic rings. The van der Waals surface area contributed by atoms with Crippen molar-refractivity contribution in [2.75, 3.05) is 0 Å². The van der Waals surface area contributed by atoms with Gasteiger partial charge in [-0.25, -0.2) is 4.98 Å². The average Bonchev–Trinajstić information content (AvgIpc) is 2.18. The summed E-state index contributed by atoms with van der Waals surface area (Å²) in [4.78, 5) is 4.30. The summed E-state index contributed by atoms with van der Waals surface area (Å²) in [6.45, 7) is 5.77. The fourth-order valence-electron chi connectivity index (χ4n) is 1.59. The van der Waals surface area contributed by atoms with E-state index >= 15 is 0 Å². The van der Waals surface area contributed by atoms with E-state index in [1.54, 1.807) is 6.08 Å². The molecule has 0 atom stereocenters. The van der Waals surface area contributed by atoms with Crippen molar-refractivity contribution in [3.63, 3.8) is 0 Å². The molecule has 1 aromatic carbocycles. The zero-order chi connectivity index (χ0) is 10.1. The van der Waals surface area contributed by atoms with E-state index in [0.717, 1.165) is 22.0 Å². The first-order chi connectivity index (χ1) is 6.74. The molecule has 0 unspecified atom stereocenters. The van der Waals surface area contributed by atoms with Gasteiger partial charge in [0.15, 0.2) is 0 Å².